The molecule has 0 radical (unpaired) electrons. The molecule has 0 heterocycles. The molecule has 0 aromatic heterocycles. The zero-order valence-corrected chi connectivity index (χ0v) is 11.2. The van der Waals surface area contributed by atoms with Gasteiger partial charge in [-0.3, -0.25) is 0 Å². The van der Waals surface area contributed by atoms with E-state index >= 15 is 0 Å². The van der Waals surface area contributed by atoms with Crippen molar-refractivity contribution in [2.45, 2.75) is 13.3 Å². The first-order valence-corrected chi connectivity index (χ1v) is 6.20. The number of nitrogens with one attached hydrogen (secondary N) is 1. The predicted octanol–water partition coefficient (Wildman–Crippen LogP) is 2.65. The van der Waals surface area contributed by atoms with Crippen LogP contribution in [0.4, 0.5) is 0 Å². The second-order valence-electron chi connectivity index (χ2n) is 3.88. The summed E-state index contributed by atoms with van der Waals surface area (Å²) in [5.74, 6) is 0.758. The summed E-state index contributed by atoms with van der Waals surface area (Å²) in [6, 6.07) is 5.82. The summed E-state index contributed by atoms with van der Waals surface area (Å²) >= 11 is 6.05. The second kappa shape index (κ2) is 8.34. The smallest absolute Gasteiger partial charge is 0.137 e. The molecule has 0 amide bonds. The minimum Gasteiger partial charge on any atom is -0.492 e. The minimum atomic E-state index is 0.669. The van der Waals surface area contributed by atoms with Crippen LogP contribution < -0.4 is 10.1 Å². The molecule has 4 heteroatoms. The maximum absolute atomic E-state index is 6.05. The highest BCUT2D eigenvalue weighted by molar-refractivity contribution is 6.32. The molecule has 1 N–H and O–H groups in total. The van der Waals surface area contributed by atoms with Crippen molar-refractivity contribution in [3.63, 3.8) is 0 Å². The van der Waals surface area contributed by atoms with Crippen molar-refractivity contribution in [3.8, 4) is 5.75 Å². The van der Waals surface area contributed by atoms with Gasteiger partial charge >= 0.3 is 0 Å². The van der Waals surface area contributed by atoms with E-state index in [4.69, 9.17) is 21.1 Å². The fourth-order valence-electron chi connectivity index (χ4n) is 1.40. The molecule has 1 aromatic carbocycles. The number of halogens is 1. The topological polar surface area (TPSA) is 30.5 Å². The van der Waals surface area contributed by atoms with Crippen molar-refractivity contribution in [1.82, 2.24) is 5.32 Å². The van der Waals surface area contributed by atoms with Crippen molar-refractivity contribution < 1.29 is 9.47 Å². The predicted molar refractivity (Wildman–Crippen MR) is 71.0 cm³/mol. The fraction of sp³-hybridized carbons (Fsp3) is 0.538. The van der Waals surface area contributed by atoms with Gasteiger partial charge in [0.25, 0.3) is 0 Å². The molecule has 17 heavy (non-hydrogen) atoms. The molecule has 3 nitrogen and oxygen atoms in total. The lowest BCUT2D eigenvalue weighted by Crippen LogP contribution is -2.21. The van der Waals surface area contributed by atoms with Gasteiger partial charge in [0.05, 0.1) is 18.2 Å². The van der Waals surface area contributed by atoms with E-state index in [1.54, 1.807) is 7.11 Å². The molecule has 0 aliphatic rings. The monoisotopic (exact) mass is 257 g/mol. The van der Waals surface area contributed by atoms with E-state index in [1.165, 1.54) is 0 Å². The Balaban J connectivity index is 2.14. The first-order chi connectivity index (χ1) is 8.24. The van der Waals surface area contributed by atoms with Gasteiger partial charge in [0.2, 0.25) is 0 Å². The second-order valence-corrected chi connectivity index (χ2v) is 4.29. The lowest BCUT2D eigenvalue weighted by molar-refractivity contribution is 0.198. The van der Waals surface area contributed by atoms with E-state index in [1.807, 2.05) is 25.1 Å². The van der Waals surface area contributed by atoms with Gasteiger partial charge in [-0.05, 0) is 37.6 Å². The van der Waals surface area contributed by atoms with Crippen molar-refractivity contribution >= 4 is 11.6 Å². The van der Waals surface area contributed by atoms with Crippen LogP contribution in [-0.4, -0.2) is 33.4 Å². The normalized spacial score (nSPS) is 10.5. The van der Waals surface area contributed by atoms with Crippen LogP contribution in [0.25, 0.3) is 0 Å². The van der Waals surface area contributed by atoms with E-state index in [2.05, 4.69) is 5.32 Å². The Morgan fingerprint density at radius 2 is 2.06 bits per heavy atom. The van der Waals surface area contributed by atoms with Crippen molar-refractivity contribution in [2.24, 2.45) is 0 Å². The molecular weight excluding hydrogens is 238 g/mol. The van der Waals surface area contributed by atoms with E-state index in [0.29, 0.717) is 11.6 Å². The Hall–Kier alpha value is -0.770. The maximum atomic E-state index is 6.05. The third-order valence-corrected chi connectivity index (χ3v) is 2.62. The van der Waals surface area contributed by atoms with Crippen LogP contribution in [0.3, 0.4) is 0 Å². The highest BCUT2D eigenvalue weighted by Crippen LogP contribution is 2.24. The van der Waals surface area contributed by atoms with Crippen LogP contribution in [0.1, 0.15) is 12.0 Å². The first kappa shape index (κ1) is 14.3. The van der Waals surface area contributed by atoms with Crippen molar-refractivity contribution in [1.29, 1.82) is 0 Å². The van der Waals surface area contributed by atoms with Crippen molar-refractivity contribution in [3.05, 3.63) is 28.8 Å². The van der Waals surface area contributed by atoms with E-state index < -0.39 is 0 Å². The number of hydrogen-bond donors (Lipinski definition) is 1. The van der Waals surface area contributed by atoms with Gasteiger partial charge in [0.15, 0.2) is 0 Å². The third-order valence-electron chi connectivity index (χ3n) is 2.33. The maximum Gasteiger partial charge on any atom is 0.137 e. The molecule has 0 saturated heterocycles. The number of ether oxygens (including phenoxy) is 2. The molecule has 0 aliphatic heterocycles. The Morgan fingerprint density at radius 3 is 2.76 bits per heavy atom. The average Bonchev–Trinajstić information content (AvgIpc) is 2.30. The van der Waals surface area contributed by atoms with Crippen LogP contribution in [0.5, 0.6) is 5.75 Å². The van der Waals surface area contributed by atoms with Gasteiger partial charge in [0, 0.05) is 13.7 Å². The van der Waals surface area contributed by atoms with Gasteiger partial charge in [0.1, 0.15) is 5.75 Å². The molecule has 1 rings (SSSR count). The number of benzene rings is 1. The molecule has 0 unspecified atom stereocenters. The Labute approximate surface area is 108 Å². The van der Waals surface area contributed by atoms with Crippen LogP contribution >= 0.6 is 11.6 Å². The summed E-state index contributed by atoms with van der Waals surface area (Å²) in [6.07, 6.45) is 0.952. The van der Waals surface area contributed by atoms with Gasteiger partial charge in [-0.15, -0.1) is 0 Å². The van der Waals surface area contributed by atoms with Crippen LogP contribution in [0, 0.1) is 6.92 Å². The summed E-state index contributed by atoms with van der Waals surface area (Å²) < 4.78 is 10.5. The van der Waals surface area contributed by atoms with E-state index in [9.17, 15) is 0 Å². The van der Waals surface area contributed by atoms with Crippen molar-refractivity contribution in [2.75, 3.05) is 33.4 Å². The number of aryl methyl sites for hydroxylation is 1. The highest BCUT2D eigenvalue weighted by atomic mass is 35.5. The number of methoxy groups -OCH3 is 1. The lowest BCUT2D eigenvalue weighted by atomic mass is 10.2. The summed E-state index contributed by atoms with van der Waals surface area (Å²) in [5.41, 5.74) is 1.14. The lowest BCUT2D eigenvalue weighted by Gasteiger charge is -2.09. The largest absolute Gasteiger partial charge is 0.492 e. The SMILES string of the molecule is COCCNCCCOc1ccc(C)cc1Cl. The number of hydrogen-bond acceptors (Lipinski definition) is 3. The van der Waals surface area contributed by atoms with Gasteiger partial charge < -0.3 is 14.8 Å². The molecule has 96 valence electrons. The van der Waals surface area contributed by atoms with Crippen LogP contribution in [0.2, 0.25) is 5.02 Å². The van der Waals surface area contributed by atoms with Gasteiger partial charge in [-0.1, -0.05) is 17.7 Å². The zero-order chi connectivity index (χ0) is 12.5. The Morgan fingerprint density at radius 1 is 1.24 bits per heavy atom. The van der Waals surface area contributed by atoms with Crippen LogP contribution in [-0.2, 0) is 4.74 Å². The molecule has 1 aromatic rings. The highest BCUT2D eigenvalue weighted by Gasteiger charge is 2.00. The van der Waals surface area contributed by atoms with E-state index in [-0.39, 0.29) is 0 Å². The molecule has 0 bridgehead atoms. The Bertz CT molecular complexity index is 331. The average molecular weight is 258 g/mol. The fourth-order valence-corrected chi connectivity index (χ4v) is 1.69. The summed E-state index contributed by atoms with van der Waals surface area (Å²) in [6.45, 7) is 5.22. The summed E-state index contributed by atoms with van der Waals surface area (Å²) in [5, 5.41) is 3.94. The minimum absolute atomic E-state index is 0.669. The zero-order valence-electron chi connectivity index (χ0n) is 10.5. The summed E-state index contributed by atoms with van der Waals surface area (Å²) in [7, 11) is 1.70. The standard InChI is InChI=1S/C13H20ClNO2/c1-11-4-5-13(12(14)10-11)17-8-3-6-15-7-9-16-2/h4-5,10,15H,3,6-9H2,1-2H3. The molecule has 0 spiro atoms. The summed E-state index contributed by atoms with van der Waals surface area (Å²) in [4.78, 5) is 0. The molecule has 0 fully saturated rings. The van der Waals surface area contributed by atoms with Gasteiger partial charge in [-0.25, -0.2) is 0 Å². The number of rotatable bonds is 8. The van der Waals surface area contributed by atoms with Gasteiger partial charge in [-0.2, -0.15) is 0 Å². The molecule has 0 aliphatic carbocycles. The quantitative estimate of drug-likeness (QED) is 0.727. The molecule has 0 saturated carbocycles. The van der Waals surface area contributed by atoms with Crippen LogP contribution in [0.15, 0.2) is 18.2 Å². The van der Waals surface area contributed by atoms with E-state index in [0.717, 1.165) is 37.4 Å². The third kappa shape index (κ3) is 5.91. The molecule has 0 atom stereocenters. The first-order valence-electron chi connectivity index (χ1n) is 5.82. The molecular formula is C13H20ClNO2. The Kier molecular flexibility index (Phi) is 7.01.